The molecule has 0 amide bonds. The first-order chi connectivity index (χ1) is 17.3. The first-order valence-electron chi connectivity index (χ1n) is 10.8. The normalized spacial score (nSPS) is 21.6. The first kappa shape index (κ1) is 30.5. The monoisotopic (exact) mass is 558 g/mol. The maximum absolute atomic E-state index is 10.6. The Balaban J connectivity index is 0.000000286. The van der Waals surface area contributed by atoms with Crippen molar-refractivity contribution in [2.75, 3.05) is 13.2 Å². The first-order valence-corrected chi connectivity index (χ1v) is 11.7. The summed E-state index contributed by atoms with van der Waals surface area (Å²) in [4.78, 5) is 25.9. The number of aliphatic carboxylic acids is 2. The van der Waals surface area contributed by atoms with Gasteiger partial charge < -0.3 is 19.7 Å². The Labute approximate surface area is 211 Å². The minimum absolute atomic E-state index is 0.208. The van der Waals surface area contributed by atoms with Gasteiger partial charge in [-0.05, 0) is 42.0 Å². The van der Waals surface area contributed by atoms with Gasteiger partial charge in [0.15, 0.2) is 0 Å². The molecule has 3 atom stereocenters. The second-order valence-electron chi connectivity index (χ2n) is 7.84. The highest BCUT2D eigenvalue weighted by Crippen LogP contribution is 2.33. The molecule has 2 aromatic heterocycles. The molecule has 0 spiro atoms. The maximum Gasteiger partial charge on any atom is 0.490 e. The lowest BCUT2D eigenvalue weighted by Crippen LogP contribution is -2.51. The molecule has 1 saturated carbocycles. The van der Waals surface area contributed by atoms with Crippen LogP contribution in [-0.2, 0) is 32.2 Å². The number of carboxylic acid groups (broad SMARTS) is 2. The zero-order chi connectivity index (χ0) is 27.6. The number of carbonyl (C=O) groups is 2. The predicted molar refractivity (Wildman–Crippen MR) is 118 cm³/mol. The summed E-state index contributed by atoms with van der Waals surface area (Å²) in [6.07, 6.45) is -3.87. The molecule has 0 bridgehead atoms. The van der Waals surface area contributed by atoms with Crippen molar-refractivity contribution >= 4 is 23.3 Å². The van der Waals surface area contributed by atoms with Crippen molar-refractivity contribution in [3.8, 4) is 0 Å². The number of morpholine rings is 1. The molecule has 1 saturated heterocycles. The molecule has 2 fully saturated rings. The Morgan fingerprint density at radius 2 is 1.65 bits per heavy atom. The second kappa shape index (κ2) is 13.7. The van der Waals surface area contributed by atoms with E-state index in [-0.39, 0.29) is 12.2 Å². The summed E-state index contributed by atoms with van der Waals surface area (Å²) >= 11 is 1.84. The van der Waals surface area contributed by atoms with Gasteiger partial charge in [-0.2, -0.15) is 26.3 Å². The molecule has 1 aliphatic carbocycles. The average Bonchev–Trinajstić information content (AvgIpc) is 3.48. The van der Waals surface area contributed by atoms with Gasteiger partial charge >= 0.3 is 24.3 Å². The van der Waals surface area contributed by atoms with E-state index in [1.165, 1.54) is 10.4 Å². The van der Waals surface area contributed by atoms with E-state index in [2.05, 4.69) is 27.4 Å². The highest BCUT2D eigenvalue weighted by atomic mass is 32.1. The molecule has 4 rings (SSSR count). The lowest BCUT2D eigenvalue weighted by atomic mass is 10.1. The number of alkyl halides is 6. The minimum Gasteiger partial charge on any atom is -0.475 e. The molecule has 37 heavy (non-hydrogen) atoms. The topological polar surface area (TPSA) is 109 Å². The molecular formula is C22H24F6N2O6S. The predicted octanol–water partition coefficient (Wildman–Crippen LogP) is 4.36. The molecule has 3 heterocycles. The summed E-state index contributed by atoms with van der Waals surface area (Å²) < 4.78 is 75.7. The van der Waals surface area contributed by atoms with Crippen molar-refractivity contribution in [1.29, 1.82) is 0 Å². The van der Waals surface area contributed by atoms with E-state index in [1.807, 2.05) is 35.9 Å². The summed E-state index contributed by atoms with van der Waals surface area (Å²) in [6, 6.07) is 8.87. The van der Waals surface area contributed by atoms with Crippen LogP contribution in [0.5, 0.6) is 0 Å². The van der Waals surface area contributed by atoms with Crippen LogP contribution in [0.4, 0.5) is 26.3 Å². The van der Waals surface area contributed by atoms with Gasteiger partial charge in [-0.3, -0.25) is 9.88 Å². The van der Waals surface area contributed by atoms with Crippen molar-refractivity contribution in [2.45, 2.75) is 56.6 Å². The molecule has 2 aromatic rings. The second-order valence-corrected chi connectivity index (χ2v) is 8.87. The summed E-state index contributed by atoms with van der Waals surface area (Å²) in [6.45, 7) is 3.52. The standard InChI is InChI=1S/C18H22N2O2S.2C2HF3O2/c1-2-15(23-11-1)12-20-9-10-21-18-16(20)3-4-17(18)22-13-14-5-7-19-8-6-14;2*3-2(4,5)1(6)7/h1-2,5-8,11,16-18H,3-4,9-10,12-13H2;2*(H,6,7)/t16-,17-,18+;;/m0../s1. The maximum atomic E-state index is 10.6. The molecular weight excluding hydrogens is 534 g/mol. The van der Waals surface area contributed by atoms with Crippen LogP contribution in [0, 0.1) is 0 Å². The van der Waals surface area contributed by atoms with Gasteiger partial charge in [0.1, 0.15) is 0 Å². The van der Waals surface area contributed by atoms with Crippen molar-refractivity contribution in [3.05, 3.63) is 52.5 Å². The Bertz CT molecular complexity index is 950. The summed E-state index contributed by atoms with van der Waals surface area (Å²) in [7, 11) is 0. The quantitative estimate of drug-likeness (QED) is 0.522. The van der Waals surface area contributed by atoms with Crippen LogP contribution in [0.25, 0.3) is 0 Å². The van der Waals surface area contributed by atoms with Crippen LogP contribution < -0.4 is 0 Å². The third kappa shape index (κ3) is 10.3. The number of hydrogen-bond donors (Lipinski definition) is 2. The lowest BCUT2D eigenvalue weighted by Gasteiger charge is -2.38. The smallest absolute Gasteiger partial charge is 0.475 e. The van der Waals surface area contributed by atoms with Gasteiger partial charge in [0.05, 0.1) is 25.4 Å². The minimum atomic E-state index is -5.08. The van der Waals surface area contributed by atoms with Crippen molar-refractivity contribution in [2.24, 2.45) is 0 Å². The highest BCUT2D eigenvalue weighted by Gasteiger charge is 2.43. The van der Waals surface area contributed by atoms with Crippen LogP contribution >= 0.6 is 11.3 Å². The van der Waals surface area contributed by atoms with Crippen molar-refractivity contribution < 1.29 is 55.6 Å². The molecule has 0 radical (unpaired) electrons. The number of carboxylic acids is 2. The molecule has 2 aliphatic rings. The lowest BCUT2D eigenvalue weighted by molar-refractivity contribution is -0.193. The van der Waals surface area contributed by atoms with Crippen LogP contribution in [-0.4, -0.2) is 75.8 Å². The Morgan fingerprint density at radius 1 is 1.05 bits per heavy atom. The largest absolute Gasteiger partial charge is 0.490 e. The molecule has 0 aromatic carbocycles. The van der Waals surface area contributed by atoms with Crippen LogP contribution in [0.15, 0.2) is 42.0 Å². The van der Waals surface area contributed by atoms with Crippen molar-refractivity contribution in [1.82, 2.24) is 9.88 Å². The Hall–Kier alpha value is -2.75. The number of fused-ring (bicyclic) bond motifs is 1. The van der Waals surface area contributed by atoms with Crippen LogP contribution in [0.3, 0.4) is 0 Å². The number of halogens is 6. The Morgan fingerprint density at radius 3 is 2.16 bits per heavy atom. The fourth-order valence-corrected chi connectivity index (χ4v) is 4.38. The summed E-state index contributed by atoms with van der Waals surface area (Å²) in [5.41, 5.74) is 1.18. The highest BCUT2D eigenvalue weighted by molar-refractivity contribution is 7.09. The fraction of sp³-hybridized carbons (Fsp3) is 0.500. The van der Waals surface area contributed by atoms with E-state index in [0.717, 1.165) is 32.5 Å². The van der Waals surface area contributed by atoms with Gasteiger partial charge in [0, 0.05) is 36.4 Å². The third-order valence-electron chi connectivity index (χ3n) is 5.29. The van der Waals surface area contributed by atoms with E-state index in [1.54, 1.807) is 0 Å². The number of pyridine rings is 1. The van der Waals surface area contributed by atoms with Crippen LogP contribution in [0.2, 0.25) is 0 Å². The zero-order valence-corrected chi connectivity index (χ0v) is 19.9. The number of hydrogen-bond acceptors (Lipinski definition) is 7. The van der Waals surface area contributed by atoms with E-state index in [9.17, 15) is 26.3 Å². The number of ether oxygens (including phenoxy) is 2. The number of thiophene rings is 1. The number of aromatic nitrogens is 1. The number of rotatable bonds is 5. The summed E-state index contributed by atoms with van der Waals surface area (Å²) in [5, 5.41) is 16.4. The molecule has 15 heteroatoms. The van der Waals surface area contributed by atoms with Gasteiger partial charge in [-0.15, -0.1) is 11.3 Å². The fourth-order valence-electron chi connectivity index (χ4n) is 3.65. The van der Waals surface area contributed by atoms with Gasteiger partial charge in [0.25, 0.3) is 0 Å². The molecule has 8 nitrogen and oxygen atoms in total. The van der Waals surface area contributed by atoms with Gasteiger partial charge in [-0.1, -0.05) is 6.07 Å². The summed E-state index contributed by atoms with van der Waals surface area (Å²) in [5.74, 6) is -5.51. The number of nitrogens with zero attached hydrogens (tertiary/aromatic N) is 2. The zero-order valence-electron chi connectivity index (χ0n) is 19.1. The SMILES string of the molecule is O=C(O)C(F)(F)F.O=C(O)C(F)(F)F.c1csc(CN2CCO[C@H]3[C@@H](OCc4ccncc4)CC[C@@H]32)c1. The average molecular weight is 558 g/mol. The van der Waals surface area contributed by atoms with Gasteiger partial charge in [0.2, 0.25) is 0 Å². The molecule has 206 valence electrons. The van der Waals surface area contributed by atoms with Crippen LogP contribution in [0.1, 0.15) is 23.3 Å². The molecule has 1 aliphatic heterocycles. The van der Waals surface area contributed by atoms with E-state index in [4.69, 9.17) is 29.3 Å². The van der Waals surface area contributed by atoms with Crippen molar-refractivity contribution in [3.63, 3.8) is 0 Å². The molecule has 2 N–H and O–H groups in total. The van der Waals surface area contributed by atoms with E-state index < -0.39 is 24.3 Å². The van der Waals surface area contributed by atoms with E-state index >= 15 is 0 Å². The van der Waals surface area contributed by atoms with E-state index in [0.29, 0.717) is 12.6 Å². The molecule has 0 unspecified atom stereocenters. The van der Waals surface area contributed by atoms with Gasteiger partial charge in [-0.25, -0.2) is 9.59 Å². The Kier molecular flexibility index (Phi) is 11.3. The third-order valence-corrected chi connectivity index (χ3v) is 6.15.